The molecule has 0 saturated heterocycles. The molecule has 2 aromatic heterocycles. The number of anilines is 6. The van der Waals surface area contributed by atoms with Crippen LogP contribution >= 0.6 is 0 Å². The maximum Gasteiger partial charge on any atom is 0.252 e. The lowest BCUT2D eigenvalue weighted by molar-refractivity contribution is 0.668. The number of nitrogens with zero attached hydrogens (tertiary/aromatic N) is 2. The SMILES string of the molecule is c1ccc(-c2cc(-c3ccccc3)cc(N3c4cc(-c5ccc6oc7ccccc7c6c5)ccc4B4c5ccc(-c6ccc7oc8ccccc8c7c6)cc5N(c5cc(-c6ccccc6)cc(-c6ccccc6)c5)c5cc(C6c7ccccc7Cc7ccccc76)cc3c54)c2)cc1. The summed E-state index contributed by atoms with van der Waals surface area (Å²) in [6.07, 6.45) is 0.872. The summed E-state index contributed by atoms with van der Waals surface area (Å²) in [5.41, 5.74) is 34.2. The third kappa shape index (κ3) is 9.07. The number of rotatable bonds is 9. The second kappa shape index (κ2) is 22.1. The largest absolute Gasteiger partial charge is 0.456 e. The topological polar surface area (TPSA) is 32.8 Å². The summed E-state index contributed by atoms with van der Waals surface area (Å²) in [6.45, 7) is -0.206. The standard InChI is InChI=1S/C92H59BN2O2/c1-5-21-58(22-6-1)68-46-69(59-23-7-2-8-24-59)49-73(48-68)94-83-54-64(62-39-43-89-79(52-62)77-33-17-19-35-87(77)96-89)37-41-81(83)93-82-42-38-65(63-40-44-90-80(53-63)78-34-18-20-36-88(78)97-90)55-84(82)95(74-50-70(60-25-9-3-10-26-60)47-71(51-74)61-27-11-4-12-28-61)86-57-72(56-85(94)92(86)93)91-75-31-15-13-29-66(75)45-67-30-14-16-32-76(67)91/h1-44,46-57,91H,45H2. The molecule has 0 bridgehead atoms. The fourth-order valence-electron chi connectivity index (χ4n) is 16.3. The van der Waals surface area contributed by atoms with E-state index in [1.54, 1.807) is 0 Å². The minimum absolute atomic E-state index is 0.0931. The van der Waals surface area contributed by atoms with Crippen LogP contribution in [-0.4, -0.2) is 6.71 Å². The first kappa shape index (κ1) is 55.1. The molecule has 0 spiro atoms. The average molecular weight is 1240 g/mol. The van der Waals surface area contributed by atoms with Gasteiger partial charge in [0.1, 0.15) is 22.3 Å². The van der Waals surface area contributed by atoms with Crippen LogP contribution in [0.25, 0.3) is 111 Å². The van der Waals surface area contributed by atoms with E-state index in [2.05, 4.69) is 350 Å². The lowest BCUT2D eigenvalue weighted by Gasteiger charge is -2.45. The zero-order valence-corrected chi connectivity index (χ0v) is 52.9. The summed E-state index contributed by atoms with van der Waals surface area (Å²) in [6, 6.07) is 126. The van der Waals surface area contributed by atoms with Crippen LogP contribution in [0.4, 0.5) is 34.1 Å². The third-order valence-corrected chi connectivity index (χ3v) is 20.7. The van der Waals surface area contributed by atoms with Crippen LogP contribution in [0.2, 0.25) is 0 Å². The number of fused-ring (bicyclic) bond motifs is 12. The Bertz CT molecular complexity index is 5540. The van der Waals surface area contributed by atoms with E-state index in [9.17, 15) is 0 Å². The van der Waals surface area contributed by atoms with E-state index in [1.165, 1.54) is 44.2 Å². The van der Waals surface area contributed by atoms with Crippen molar-refractivity contribution in [1.29, 1.82) is 0 Å². The Kier molecular flexibility index (Phi) is 12.5. The van der Waals surface area contributed by atoms with Gasteiger partial charge in [0.15, 0.2) is 0 Å². The van der Waals surface area contributed by atoms with E-state index in [4.69, 9.17) is 8.83 Å². The number of furan rings is 2. The van der Waals surface area contributed by atoms with Crippen molar-refractivity contribution >= 4 is 101 Å². The predicted octanol–water partition coefficient (Wildman–Crippen LogP) is 22.7. The van der Waals surface area contributed by atoms with Gasteiger partial charge in [0, 0.05) is 61.6 Å². The maximum absolute atomic E-state index is 6.48. The van der Waals surface area contributed by atoms with E-state index in [1.807, 2.05) is 0 Å². The molecular formula is C92H59BN2O2. The molecule has 0 atom stereocenters. The third-order valence-electron chi connectivity index (χ3n) is 20.7. The predicted molar refractivity (Wildman–Crippen MR) is 404 cm³/mol. The molecule has 0 amide bonds. The summed E-state index contributed by atoms with van der Waals surface area (Å²) in [5.74, 6) is -0.0931. The van der Waals surface area contributed by atoms with Crippen LogP contribution in [0.3, 0.4) is 0 Å². The first-order valence-corrected chi connectivity index (χ1v) is 33.6. The first-order valence-electron chi connectivity index (χ1n) is 33.6. The van der Waals surface area contributed by atoms with Crippen molar-refractivity contribution < 1.29 is 8.83 Å². The highest BCUT2D eigenvalue weighted by Gasteiger charge is 2.45. The van der Waals surface area contributed by atoms with Crippen LogP contribution in [0, 0.1) is 0 Å². The molecule has 15 aromatic carbocycles. The van der Waals surface area contributed by atoms with Gasteiger partial charge < -0.3 is 18.6 Å². The normalized spacial score (nSPS) is 13.0. The summed E-state index contributed by atoms with van der Waals surface area (Å²) < 4.78 is 13.0. The van der Waals surface area contributed by atoms with Crippen LogP contribution < -0.4 is 26.2 Å². The van der Waals surface area contributed by atoms with Gasteiger partial charge in [-0.3, -0.25) is 0 Å². The van der Waals surface area contributed by atoms with E-state index >= 15 is 0 Å². The van der Waals surface area contributed by atoms with Gasteiger partial charge in [-0.25, -0.2) is 0 Å². The van der Waals surface area contributed by atoms with Crippen LogP contribution in [-0.2, 0) is 6.42 Å². The molecular weight excluding hydrogens is 1180 g/mol. The number of benzene rings is 15. The van der Waals surface area contributed by atoms with Crippen molar-refractivity contribution in [3.05, 3.63) is 368 Å². The first-order chi connectivity index (χ1) is 48.0. The fourth-order valence-corrected chi connectivity index (χ4v) is 16.3. The Balaban J connectivity index is 0.920. The van der Waals surface area contributed by atoms with Crippen molar-refractivity contribution in [3.63, 3.8) is 0 Å². The molecule has 4 heterocycles. The Morgan fingerprint density at radius 2 is 0.608 bits per heavy atom. The second-order valence-corrected chi connectivity index (χ2v) is 26.3. The molecule has 20 rings (SSSR count). The molecule has 0 N–H and O–H groups in total. The molecule has 0 unspecified atom stereocenters. The zero-order chi connectivity index (χ0) is 63.7. The highest BCUT2D eigenvalue weighted by molar-refractivity contribution is 7.00. The van der Waals surface area contributed by atoms with E-state index < -0.39 is 0 Å². The van der Waals surface area contributed by atoms with Gasteiger partial charge >= 0.3 is 0 Å². The van der Waals surface area contributed by atoms with Gasteiger partial charge in [-0.15, -0.1) is 0 Å². The van der Waals surface area contributed by atoms with Crippen molar-refractivity contribution in [3.8, 4) is 66.8 Å². The van der Waals surface area contributed by atoms with Gasteiger partial charge in [-0.05, 0) is 214 Å². The van der Waals surface area contributed by atoms with Gasteiger partial charge in [-0.2, -0.15) is 0 Å². The molecule has 452 valence electrons. The fraction of sp³-hybridized carbons (Fsp3) is 0.0217. The molecule has 97 heavy (non-hydrogen) atoms. The van der Waals surface area contributed by atoms with Crippen molar-refractivity contribution in [1.82, 2.24) is 0 Å². The Hall–Kier alpha value is -12.4. The lowest BCUT2D eigenvalue weighted by atomic mass is 9.33. The summed E-state index contributed by atoms with van der Waals surface area (Å²) in [5, 5.41) is 4.41. The molecule has 0 saturated carbocycles. The number of hydrogen-bond donors (Lipinski definition) is 0. The molecule has 3 aliphatic rings. The molecule has 4 nitrogen and oxygen atoms in total. The van der Waals surface area contributed by atoms with E-state index in [-0.39, 0.29) is 12.6 Å². The van der Waals surface area contributed by atoms with Gasteiger partial charge in [0.05, 0.1) is 0 Å². The second-order valence-electron chi connectivity index (χ2n) is 26.3. The van der Waals surface area contributed by atoms with E-state index in [0.717, 1.165) is 151 Å². The summed E-state index contributed by atoms with van der Waals surface area (Å²) >= 11 is 0. The van der Waals surface area contributed by atoms with Crippen LogP contribution in [0.1, 0.15) is 33.7 Å². The Morgan fingerprint density at radius 3 is 1.03 bits per heavy atom. The smallest absolute Gasteiger partial charge is 0.252 e. The molecule has 2 aliphatic heterocycles. The highest BCUT2D eigenvalue weighted by Crippen LogP contribution is 2.52. The van der Waals surface area contributed by atoms with Crippen LogP contribution in [0.15, 0.2) is 349 Å². The van der Waals surface area contributed by atoms with Crippen molar-refractivity contribution in [2.24, 2.45) is 0 Å². The van der Waals surface area contributed by atoms with Gasteiger partial charge in [0.25, 0.3) is 6.71 Å². The summed E-state index contributed by atoms with van der Waals surface area (Å²) in [4.78, 5) is 5.28. The van der Waals surface area contributed by atoms with Gasteiger partial charge in [-0.1, -0.05) is 243 Å². The Morgan fingerprint density at radius 1 is 0.258 bits per heavy atom. The zero-order valence-electron chi connectivity index (χ0n) is 52.9. The molecule has 1 aliphatic carbocycles. The summed E-state index contributed by atoms with van der Waals surface area (Å²) in [7, 11) is 0. The average Bonchev–Trinajstić information content (AvgIpc) is 1.20. The minimum atomic E-state index is -0.206. The highest BCUT2D eigenvalue weighted by atomic mass is 16.3. The molecule has 0 radical (unpaired) electrons. The maximum atomic E-state index is 6.48. The number of hydrogen-bond acceptors (Lipinski definition) is 4. The van der Waals surface area contributed by atoms with Gasteiger partial charge in [0.2, 0.25) is 0 Å². The molecule has 17 aromatic rings. The molecule has 0 fully saturated rings. The van der Waals surface area contributed by atoms with Crippen LogP contribution in [0.5, 0.6) is 0 Å². The van der Waals surface area contributed by atoms with Crippen molar-refractivity contribution in [2.75, 3.05) is 9.80 Å². The molecule has 5 heteroatoms. The number of para-hydroxylation sites is 2. The minimum Gasteiger partial charge on any atom is -0.456 e. The Labute approximate surface area is 562 Å². The van der Waals surface area contributed by atoms with Crippen molar-refractivity contribution in [2.45, 2.75) is 12.3 Å². The monoisotopic (exact) mass is 1230 g/mol. The lowest BCUT2D eigenvalue weighted by Crippen LogP contribution is -2.61. The quantitative estimate of drug-likeness (QED) is 0.135. The van der Waals surface area contributed by atoms with E-state index in [0.29, 0.717) is 0 Å².